The van der Waals surface area contributed by atoms with Gasteiger partial charge in [0.05, 0.1) is 36.6 Å². The number of nitrogens with one attached hydrogen (secondary N) is 1. The molecule has 2 aliphatic rings. The van der Waals surface area contributed by atoms with Crippen molar-refractivity contribution >= 4 is 22.6 Å². The number of fused-ring (bicyclic) bond motifs is 3. The fraction of sp³-hybridized carbons (Fsp3) is 0.571. The van der Waals surface area contributed by atoms with E-state index < -0.39 is 48.4 Å². The van der Waals surface area contributed by atoms with Crippen LogP contribution >= 0.6 is 0 Å². The Morgan fingerprint density at radius 1 is 1.30 bits per heavy atom. The number of ether oxygens (including phenoxy) is 2. The highest BCUT2D eigenvalue weighted by Gasteiger charge is 2.50. The molecule has 0 saturated carbocycles. The minimum atomic E-state index is -4.66. The Balaban J connectivity index is 1.71. The van der Waals surface area contributed by atoms with E-state index in [1.807, 2.05) is 0 Å². The molecule has 0 radical (unpaired) electrons. The zero-order valence-corrected chi connectivity index (χ0v) is 17.7. The van der Waals surface area contributed by atoms with Gasteiger partial charge < -0.3 is 29.2 Å². The summed E-state index contributed by atoms with van der Waals surface area (Å²) in [4.78, 5) is 13.6. The van der Waals surface area contributed by atoms with E-state index >= 15 is 8.78 Å². The van der Waals surface area contributed by atoms with Crippen molar-refractivity contribution in [1.82, 2.24) is 5.32 Å². The molecule has 0 spiro atoms. The molecule has 2 unspecified atom stereocenters. The van der Waals surface area contributed by atoms with Gasteiger partial charge in [-0.1, -0.05) is 0 Å². The number of anilines is 1. The van der Waals surface area contributed by atoms with Crippen LogP contribution in [0.15, 0.2) is 22.6 Å². The van der Waals surface area contributed by atoms with Crippen molar-refractivity contribution in [1.29, 1.82) is 0 Å². The summed E-state index contributed by atoms with van der Waals surface area (Å²) in [5, 5.41) is 12.1. The Bertz CT molecular complexity index is 1030. The standard InChI is InChI=1S/C21H23F5N2O5/c1-31-19(11-29)4-7-32-15(9-19)20(22,23)10-28-6-5-27-18(30)17-16(28)13-8-12(21(24,25)26)2-3-14(13)33-17/h2-3,8,15,29H,4-7,9-11H2,1H3,(H,27,30). The third-order valence-electron chi connectivity index (χ3n) is 6.21. The number of benzene rings is 1. The summed E-state index contributed by atoms with van der Waals surface area (Å²) in [6, 6.07) is 2.66. The topological polar surface area (TPSA) is 84.2 Å². The van der Waals surface area contributed by atoms with E-state index in [2.05, 4.69) is 5.32 Å². The van der Waals surface area contributed by atoms with Gasteiger partial charge in [-0.05, 0) is 18.2 Å². The van der Waals surface area contributed by atoms with Crippen molar-refractivity contribution in [2.24, 2.45) is 0 Å². The zero-order valence-electron chi connectivity index (χ0n) is 17.7. The molecular weight excluding hydrogens is 455 g/mol. The van der Waals surface area contributed by atoms with Gasteiger partial charge in [-0.3, -0.25) is 4.79 Å². The highest BCUT2D eigenvalue weighted by atomic mass is 19.4. The zero-order chi connectivity index (χ0) is 24.0. The predicted molar refractivity (Wildman–Crippen MR) is 107 cm³/mol. The van der Waals surface area contributed by atoms with E-state index in [-0.39, 0.29) is 55.0 Å². The fourth-order valence-corrected chi connectivity index (χ4v) is 4.29. The van der Waals surface area contributed by atoms with E-state index in [9.17, 15) is 23.1 Å². The van der Waals surface area contributed by atoms with E-state index in [0.717, 1.165) is 23.1 Å². The van der Waals surface area contributed by atoms with Gasteiger partial charge in [0.15, 0.2) is 0 Å². The Morgan fingerprint density at radius 2 is 2.06 bits per heavy atom. The molecule has 1 amide bonds. The highest BCUT2D eigenvalue weighted by molar-refractivity contribution is 6.07. The lowest BCUT2D eigenvalue weighted by Crippen LogP contribution is -2.54. The third kappa shape index (κ3) is 4.38. The summed E-state index contributed by atoms with van der Waals surface area (Å²) < 4.78 is 86.6. The number of amides is 1. The Kier molecular flexibility index (Phi) is 6.04. The second-order valence-electron chi connectivity index (χ2n) is 8.29. The molecule has 4 rings (SSSR count). The van der Waals surface area contributed by atoms with Crippen molar-refractivity contribution in [3.05, 3.63) is 29.5 Å². The lowest BCUT2D eigenvalue weighted by Gasteiger charge is -2.42. The number of nitrogens with zero attached hydrogens (tertiary/aromatic N) is 1. The first-order chi connectivity index (χ1) is 15.5. The van der Waals surface area contributed by atoms with Gasteiger partial charge in [0.25, 0.3) is 11.8 Å². The van der Waals surface area contributed by atoms with Crippen molar-refractivity contribution in [3.8, 4) is 0 Å². The van der Waals surface area contributed by atoms with Crippen LogP contribution in [0.3, 0.4) is 0 Å². The van der Waals surface area contributed by atoms with Crippen LogP contribution in [-0.2, 0) is 15.7 Å². The molecule has 1 saturated heterocycles. The number of hydrogen-bond acceptors (Lipinski definition) is 6. The average Bonchev–Trinajstić information content (AvgIpc) is 3.09. The number of halogens is 5. The van der Waals surface area contributed by atoms with Gasteiger partial charge in [-0.25, -0.2) is 8.78 Å². The number of carbonyl (C=O) groups is 1. The highest BCUT2D eigenvalue weighted by Crippen LogP contribution is 2.41. The van der Waals surface area contributed by atoms with E-state index in [4.69, 9.17) is 13.9 Å². The van der Waals surface area contributed by atoms with Crippen LogP contribution in [0.4, 0.5) is 27.6 Å². The number of rotatable bonds is 5. The van der Waals surface area contributed by atoms with E-state index in [0.29, 0.717) is 0 Å². The van der Waals surface area contributed by atoms with Gasteiger partial charge >= 0.3 is 6.18 Å². The molecule has 7 nitrogen and oxygen atoms in total. The number of alkyl halides is 5. The second kappa shape index (κ2) is 8.41. The van der Waals surface area contributed by atoms with Crippen LogP contribution in [0.5, 0.6) is 0 Å². The molecule has 0 bridgehead atoms. The lowest BCUT2D eigenvalue weighted by atomic mass is 9.88. The smallest absolute Gasteiger partial charge is 0.416 e. The summed E-state index contributed by atoms with van der Waals surface area (Å²) in [7, 11) is 1.32. The molecular formula is C21H23F5N2O5. The summed E-state index contributed by atoms with van der Waals surface area (Å²) in [6.07, 6.45) is -6.29. The van der Waals surface area contributed by atoms with E-state index in [1.165, 1.54) is 7.11 Å². The molecule has 2 aromatic rings. The number of aliphatic hydroxyl groups is 1. The van der Waals surface area contributed by atoms with Crippen LogP contribution in [0, 0.1) is 0 Å². The van der Waals surface area contributed by atoms with Gasteiger partial charge in [0, 0.05) is 38.4 Å². The first kappa shape index (κ1) is 23.7. The van der Waals surface area contributed by atoms with Gasteiger partial charge in [0.2, 0.25) is 5.76 Å². The SMILES string of the molecule is COC1(CO)CCOC(C(F)(F)CN2CCNC(=O)c3oc4ccc(C(F)(F)F)cc4c32)C1. The van der Waals surface area contributed by atoms with Gasteiger partial charge in [-0.2, -0.15) is 13.2 Å². The Labute approximate surface area is 185 Å². The molecule has 2 aliphatic heterocycles. The molecule has 3 heterocycles. The molecule has 12 heteroatoms. The molecule has 1 fully saturated rings. The monoisotopic (exact) mass is 478 g/mol. The molecule has 0 aliphatic carbocycles. The van der Waals surface area contributed by atoms with Crippen molar-refractivity contribution in [3.63, 3.8) is 0 Å². The first-order valence-electron chi connectivity index (χ1n) is 10.3. The molecule has 2 N–H and O–H groups in total. The summed E-state index contributed by atoms with van der Waals surface area (Å²) in [5.74, 6) is -4.51. The average molecular weight is 478 g/mol. The minimum Gasteiger partial charge on any atom is -0.449 e. The van der Waals surface area contributed by atoms with E-state index in [1.54, 1.807) is 0 Å². The number of hydrogen-bond donors (Lipinski definition) is 2. The number of methoxy groups -OCH3 is 1. The van der Waals surface area contributed by atoms with Crippen LogP contribution in [0.1, 0.15) is 29.0 Å². The molecule has 1 aromatic heterocycles. The summed E-state index contributed by atoms with van der Waals surface area (Å²) >= 11 is 0. The largest absolute Gasteiger partial charge is 0.449 e. The van der Waals surface area contributed by atoms with Crippen LogP contribution in [-0.4, -0.2) is 68.6 Å². The number of furan rings is 1. The summed E-state index contributed by atoms with van der Waals surface area (Å²) in [5.41, 5.74) is -2.30. The normalized spacial score (nSPS) is 24.5. The maximum atomic E-state index is 15.4. The maximum absolute atomic E-state index is 15.4. The van der Waals surface area contributed by atoms with Crippen LogP contribution < -0.4 is 10.2 Å². The van der Waals surface area contributed by atoms with Crippen LogP contribution in [0.2, 0.25) is 0 Å². The molecule has 2 atom stereocenters. The Morgan fingerprint density at radius 3 is 2.73 bits per heavy atom. The van der Waals surface area contributed by atoms with Crippen molar-refractivity contribution in [2.45, 2.75) is 36.6 Å². The van der Waals surface area contributed by atoms with Gasteiger partial charge in [0.1, 0.15) is 11.7 Å². The van der Waals surface area contributed by atoms with Gasteiger partial charge in [-0.15, -0.1) is 0 Å². The first-order valence-corrected chi connectivity index (χ1v) is 10.3. The quantitative estimate of drug-likeness (QED) is 0.643. The lowest BCUT2D eigenvalue weighted by molar-refractivity contribution is -0.205. The third-order valence-corrected chi connectivity index (χ3v) is 6.21. The maximum Gasteiger partial charge on any atom is 0.416 e. The summed E-state index contributed by atoms with van der Waals surface area (Å²) in [6.45, 7) is -1.54. The number of carbonyl (C=O) groups excluding carboxylic acids is 1. The fourth-order valence-electron chi connectivity index (χ4n) is 4.29. The second-order valence-corrected chi connectivity index (χ2v) is 8.29. The van der Waals surface area contributed by atoms with Crippen molar-refractivity contribution in [2.75, 3.05) is 44.9 Å². The molecule has 182 valence electrons. The Hall–Kier alpha value is -2.44. The molecule has 33 heavy (non-hydrogen) atoms. The predicted octanol–water partition coefficient (Wildman–Crippen LogP) is 3.19. The molecule has 1 aromatic carbocycles. The van der Waals surface area contributed by atoms with Crippen molar-refractivity contribution < 1.29 is 45.7 Å². The minimum absolute atomic E-state index is 0.0102. The number of aliphatic hydroxyl groups excluding tert-OH is 1. The van der Waals surface area contributed by atoms with Crippen LogP contribution in [0.25, 0.3) is 11.0 Å².